The second kappa shape index (κ2) is 7.01. The van der Waals surface area contributed by atoms with E-state index in [4.69, 9.17) is 34.8 Å². The number of amides is 2. The van der Waals surface area contributed by atoms with E-state index in [9.17, 15) is 9.59 Å². The number of halogens is 3. The van der Waals surface area contributed by atoms with Gasteiger partial charge in [-0.15, -0.1) is 0 Å². The van der Waals surface area contributed by atoms with Crippen LogP contribution in [0.3, 0.4) is 0 Å². The first-order chi connectivity index (χ1) is 11.5. The van der Waals surface area contributed by atoms with Crippen LogP contribution in [0.4, 0.5) is 11.4 Å². The van der Waals surface area contributed by atoms with Gasteiger partial charge in [-0.2, -0.15) is 0 Å². The molecule has 2 aromatic rings. The second-order valence-electron chi connectivity index (χ2n) is 5.40. The van der Waals surface area contributed by atoms with Crippen LogP contribution in [0.5, 0.6) is 0 Å². The van der Waals surface area contributed by atoms with Gasteiger partial charge in [-0.25, -0.2) is 0 Å². The van der Waals surface area contributed by atoms with E-state index in [1.54, 1.807) is 35.2 Å². The van der Waals surface area contributed by atoms with E-state index in [1.165, 1.54) is 6.07 Å². The molecule has 0 unspecified atom stereocenters. The number of carbonyl (C=O) groups excluding carboxylic acids is 2. The maximum absolute atomic E-state index is 12.3. The summed E-state index contributed by atoms with van der Waals surface area (Å²) in [6, 6.07) is 9.71. The summed E-state index contributed by atoms with van der Waals surface area (Å²) < 4.78 is 0. The molecule has 1 N–H and O–H groups in total. The van der Waals surface area contributed by atoms with E-state index in [-0.39, 0.29) is 11.8 Å². The number of nitrogens with one attached hydrogen (secondary N) is 1. The van der Waals surface area contributed by atoms with E-state index < -0.39 is 0 Å². The number of anilines is 2. The van der Waals surface area contributed by atoms with E-state index >= 15 is 0 Å². The Hall–Kier alpha value is -1.75. The highest BCUT2D eigenvalue weighted by Crippen LogP contribution is 2.32. The SMILES string of the molecule is O=C(Nc1ccc(N2CCCC2=O)c(Cl)c1)c1ccc(Cl)c(Cl)c1. The van der Waals surface area contributed by atoms with E-state index in [2.05, 4.69) is 5.32 Å². The molecule has 1 aliphatic rings. The standard InChI is InChI=1S/C17H13Cl3N2O2/c18-12-5-3-10(8-13(12)19)17(24)21-11-4-6-15(14(20)9-11)22-7-1-2-16(22)23/h3-6,8-9H,1-2,7H2,(H,21,24). The minimum atomic E-state index is -0.324. The highest BCUT2D eigenvalue weighted by atomic mass is 35.5. The Morgan fingerprint density at radius 2 is 1.79 bits per heavy atom. The third-order valence-corrected chi connectivity index (χ3v) is 4.79. The van der Waals surface area contributed by atoms with Crippen LogP contribution in [0.25, 0.3) is 0 Å². The number of rotatable bonds is 3. The van der Waals surface area contributed by atoms with Crippen molar-refractivity contribution in [1.29, 1.82) is 0 Å². The fourth-order valence-corrected chi connectivity index (χ4v) is 3.13. The molecule has 0 aromatic heterocycles. The van der Waals surface area contributed by atoms with Crippen molar-refractivity contribution in [3.05, 3.63) is 57.0 Å². The summed E-state index contributed by atoms with van der Waals surface area (Å²) in [5, 5.41) is 3.86. The molecule has 2 aromatic carbocycles. The number of carbonyl (C=O) groups is 2. The molecule has 1 saturated heterocycles. The van der Waals surface area contributed by atoms with Crippen molar-refractivity contribution < 1.29 is 9.59 Å². The van der Waals surface area contributed by atoms with Gasteiger partial charge in [0, 0.05) is 24.2 Å². The van der Waals surface area contributed by atoms with Gasteiger partial charge in [0.05, 0.1) is 20.8 Å². The Kier molecular flexibility index (Phi) is 4.99. The van der Waals surface area contributed by atoms with Gasteiger partial charge in [0.25, 0.3) is 5.91 Å². The molecule has 1 heterocycles. The molecular formula is C17H13Cl3N2O2. The van der Waals surface area contributed by atoms with Crippen LogP contribution in [0.1, 0.15) is 23.2 Å². The lowest BCUT2D eigenvalue weighted by molar-refractivity contribution is -0.117. The third kappa shape index (κ3) is 3.51. The molecule has 0 spiro atoms. The van der Waals surface area contributed by atoms with Crippen LogP contribution in [-0.4, -0.2) is 18.4 Å². The summed E-state index contributed by atoms with van der Waals surface area (Å²) in [6.45, 7) is 0.660. The molecule has 1 fully saturated rings. The van der Waals surface area contributed by atoms with Gasteiger partial charge in [-0.1, -0.05) is 34.8 Å². The minimum Gasteiger partial charge on any atom is -0.322 e. The summed E-state index contributed by atoms with van der Waals surface area (Å²) in [6.07, 6.45) is 1.36. The fourth-order valence-electron chi connectivity index (χ4n) is 2.55. The summed E-state index contributed by atoms with van der Waals surface area (Å²) in [4.78, 5) is 25.7. The Morgan fingerprint density at radius 3 is 2.42 bits per heavy atom. The molecule has 1 aliphatic heterocycles. The minimum absolute atomic E-state index is 0.0597. The van der Waals surface area contributed by atoms with Gasteiger partial charge in [0.15, 0.2) is 0 Å². The van der Waals surface area contributed by atoms with Gasteiger partial charge in [0.2, 0.25) is 5.91 Å². The molecule has 24 heavy (non-hydrogen) atoms. The lowest BCUT2D eigenvalue weighted by Crippen LogP contribution is -2.24. The average molecular weight is 384 g/mol. The predicted octanol–water partition coefficient (Wildman–Crippen LogP) is 5.03. The molecule has 3 rings (SSSR count). The molecule has 4 nitrogen and oxygen atoms in total. The van der Waals surface area contributed by atoms with Crippen molar-refractivity contribution in [1.82, 2.24) is 0 Å². The monoisotopic (exact) mass is 382 g/mol. The molecule has 7 heteroatoms. The molecule has 0 aliphatic carbocycles. The van der Waals surface area contributed by atoms with Gasteiger partial charge >= 0.3 is 0 Å². The van der Waals surface area contributed by atoms with Crippen LogP contribution >= 0.6 is 34.8 Å². The normalized spacial score (nSPS) is 14.1. The first kappa shape index (κ1) is 17.1. The van der Waals surface area contributed by atoms with Gasteiger partial charge < -0.3 is 10.2 Å². The Labute approximate surface area is 154 Å². The zero-order valence-electron chi connectivity index (χ0n) is 12.5. The molecular weight excluding hydrogens is 371 g/mol. The average Bonchev–Trinajstić information content (AvgIpc) is 2.96. The maximum atomic E-state index is 12.3. The third-order valence-electron chi connectivity index (χ3n) is 3.75. The summed E-state index contributed by atoms with van der Waals surface area (Å²) in [5.74, 6) is -0.265. The molecule has 0 saturated carbocycles. The van der Waals surface area contributed by atoms with Gasteiger partial charge in [-0.3, -0.25) is 9.59 Å². The first-order valence-corrected chi connectivity index (χ1v) is 8.45. The number of nitrogens with zero attached hydrogens (tertiary/aromatic N) is 1. The number of benzene rings is 2. The van der Waals surface area contributed by atoms with Crippen LogP contribution < -0.4 is 10.2 Å². The predicted molar refractivity (Wildman–Crippen MR) is 97.5 cm³/mol. The maximum Gasteiger partial charge on any atom is 0.255 e. The Balaban J connectivity index is 1.78. The number of hydrogen-bond donors (Lipinski definition) is 1. The summed E-state index contributed by atoms with van der Waals surface area (Å²) in [7, 11) is 0. The smallest absolute Gasteiger partial charge is 0.255 e. The lowest BCUT2D eigenvalue weighted by Gasteiger charge is -2.18. The highest BCUT2D eigenvalue weighted by Gasteiger charge is 2.23. The zero-order chi connectivity index (χ0) is 17.3. The molecule has 2 amide bonds. The first-order valence-electron chi connectivity index (χ1n) is 7.32. The van der Waals surface area contributed by atoms with Crippen LogP contribution in [0, 0.1) is 0 Å². The summed E-state index contributed by atoms with van der Waals surface area (Å²) >= 11 is 18.0. The van der Waals surface area contributed by atoms with Gasteiger partial charge in [-0.05, 0) is 42.8 Å². The molecule has 0 bridgehead atoms. The second-order valence-corrected chi connectivity index (χ2v) is 6.62. The van der Waals surface area contributed by atoms with E-state index in [1.807, 2.05) is 0 Å². The van der Waals surface area contributed by atoms with E-state index in [0.717, 1.165) is 6.42 Å². The molecule has 0 radical (unpaired) electrons. The van der Waals surface area contributed by atoms with Crippen molar-refractivity contribution in [3.8, 4) is 0 Å². The van der Waals surface area contributed by atoms with Crippen LogP contribution in [0.2, 0.25) is 15.1 Å². The lowest BCUT2D eigenvalue weighted by atomic mass is 10.2. The van der Waals surface area contributed by atoms with Crippen LogP contribution in [-0.2, 0) is 4.79 Å². The van der Waals surface area contributed by atoms with E-state index in [0.29, 0.717) is 45.0 Å². The van der Waals surface area contributed by atoms with Crippen molar-refractivity contribution in [2.24, 2.45) is 0 Å². The fraction of sp³-hybridized carbons (Fsp3) is 0.176. The highest BCUT2D eigenvalue weighted by molar-refractivity contribution is 6.42. The zero-order valence-corrected chi connectivity index (χ0v) is 14.8. The van der Waals surface area contributed by atoms with Gasteiger partial charge in [0.1, 0.15) is 0 Å². The molecule has 124 valence electrons. The largest absolute Gasteiger partial charge is 0.322 e. The van der Waals surface area contributed by atoms with Crippen molar-refractivity contribution in [3.63, 3.8) is 0 Å². The van der Waals surface area contributed by atoms with Crippen molar-refractivity contribution >= 4 is 58.0 Å². The summed E-state index contributed by atoms with van der Waals surface area (Å²) in [5.41, 5.74) is 1.58. The van der Waals surface area contributed by atoms with Crippen molar-refractivity contribution in [2.75, 3.05) is 16.8 Å². The quantitative estimate of drug-likeness (QED) is 0.808. The van der Waals surface area contributed by atoms with Crippen molar-refractivity contribution in [2.45, 2.75) is 12.8 Å². The Morgan fingerprint density at radius 1 is 1.00 bits per heavy atom. The number of hydrogen-bond acceptors (Lipinski definition) is 2. The molecule has 0 atom stereocenters. The van der Waals surface area contributed by atoms with Crippen LogP contribution in [0.15, 0.2) is 36.4 Å². The Bertz CT molecular complexity index is 823. The topological polar surface area (TPSA) is 49.4 Å².